The average molecular weight is 527 g/mol. The molecule has 2 aliphatic carbocycles. The molecule has 0 spiro atoms. The summed E-state index contributed by atoms with van der Waals surface area (Å²) >= 11 is 6.66. The monoisotopic (exact) mass is 526 g/mol. The first-order valence-corrected chi connectivity index (χ1v) is 11.2. The van der Waals surface area contributed by atoms with Crippen LogP contribution in [0.1, 0.15) is 15.9 Å². The number of nitrogens with zero attached hydrogens (tertiary/aromatic N) is 1. The fourth-order valence-corrected chi connectivity index (χ4v) is 5.82. The molecule has 2 aromatic rings. The van der Waals surface area contributed by atoms with Crippen molar-refractivity contribution in [1.29, 1.82) is 0 Å². The highest BCUT2D eigenvalue weighted by molar-refractivity contribution is 7.94. The molecule has 35 heavy (non-hydrogen) atoms. The Balaban J connectivity index is 2.00. The molecule has 0 bridgehead atoms. The summed E-state index contributed by atoms with van der Waals surface area (Å²) < 4.78 is 4.30. The number of fused-ring (bicyclic) bond motifs is 3. The molecule has 14 heteroatoms. The number of nitrogens with two attached hydrogens (primary N) is 1. The van der Waals surface area contributed by atoms with Crippen LogP contribution in [-0.4, -0.2) is 74.5 Å². The second-order valence-corrected chi connectivity index (χ2v) is 9.68. The number of amides is 1. The Morgan fingerprint density at radius 2 is 1.89 bits per heavy atom. The molecule has 1 unspecified atom stereocenters. The van der Waals surface area contributed by atoms with E-state index in [1.54, 1.807) is 0 Å². The van der Waals surface area contributed by atoms with Crippen molar-refractivity contribution in [1.82, 2.24) is 4.90 Å². The van der Waals surface area contributed by atoms with Gasteiger partial charge in [-0.05, 0) is 38.2 Å². The van der Waals surface area contributed by atoms with Gasteiger partial charge in [-0.3, -0.25) is 24.1 Å². The van der Waals surface area contributed by atoms with E-state index in [0.717, 1.165) is 0 Å². The van der Waals surface area contributed by atoms with Crippen molar-refractivity contribution in [3.8, 4) is 11.5 Å². The maximum absolute atomic E-state index is 13.6. The SMILES string of the molecule is CN(C)[C@@H]1C(=O)C(C(N)=O)C(=O)[C@@]2(O)C(=O)c3c(cc4c(Cl)cc(SOOO)c(O)c4c3O)C[C@@H]12. The Kier molecular flexibility index (Phi) is 6.30. The number of likely N-dealkylation sites (N-methyl/N-ethyl adjacent to an activating group) is 1. The quantitative estimate of drug-likeness (QED) is 0.158. The van der Waals surface area contributed by atoms with Crippen LogP contribution in [0.25, 0.3) is 10.8 Å². The van der Waals surface area contributed by atoms with Crippen LogP contribution in [0.5, 0.6) is 11.5 Å². The minimum absolute atomic E-state index is 0.0157. The van der Waals surface area contributed by atoms with E-state index < -0.39 is 63.8 Å². The number of aromatic hydroxyl groups is 2. The van der Waals surface area contributed by atoms with Gasteiger partial charge in [0.15, 0.2) is 23.1 Å². The number of Topliss-reactive ketones (excluding diaryl/α,β-unsaturated/α-hetero) is 3. The zero-order valence-corrected chi connectivity index (χ0v) is 19.7. The minimum atomic E-state index is -2.85. The first kappa shape index (κ1) is 25.3. The van der Waals surface area contributed by atoms with E-state index in [1.165, 1.54) is 31.1 Å². The molecule has 0 aromatic heterocycles. The summed E-state index contributed by atoms with van der Waals surface area (Å²) in [5.74, 6) is -9.50. The van der Waals surface area contributed by atoms with E-state index in [1.807, 2.05) is 0 Å². The first-order chi connectivity index (χ1) is 16.4. The van der Waals surface area contributed by atoms with Gasteiger partial charge < -0.3 is 21.1 Å². The summed E-state index contributed by atoms with van der Waals surface area (Å²) in [6.45, 7) is 0. The van der Waals surface area contributed by atoms with Crippen molar-refractivity contribution < 1.29 is 49.1 Å². The van der Waals surface area contributed by atoms with Crippen LogP contribution < -0.4 is 5.73 Å². The fourth-order valence-electron chi connectivity index (χ4n) is 5.05. The minimum Gasteiger partial charge on any atom is -0.506 e. The lowest BCUT2D eigenvalue weighted by Crippen LogP contribution is -2.71. The third-order valence-electron chi connectivity index (χ3n) is 6.51. The number of aliphatic hydroxyl groups is 1. The number of primary amides is 1. The summed E-state index contributed by atoms with van der Waals surface area (Å²) in [5, 5.41) is 44.9. The van der Waals surface area contributed by atoms with Gasteiger partial charge in [0, 0.05) is 11.3 Å². The number of carbonyl (C=O) groups is 4. The Bertz CT molecular complexity index is 1320. The maximum Gasteiger partial charge on any atom is 0.235 e. The third kappa shape index (κ3) is 3.50. The van der Waals surface area contributed by atoms with Gasteiger partial charge in [-0.1, -0.05) is 16.6 Å². The summed E-state index contributed by atoms with van der Waals surface area (Å²) in [6, 6.07) is 1.43. The molecule has 2 aliphatic rings. The van der Waals surface area contributed by atoms with Crippen LogP contribution in [0.4, 0.5) is 0 Å². The maximum atomic E-state index is 13.6. The molecule has 12 nitrogen and oxygen atoms in total. The van der Waals surface area contributed by atoms with Crippen molar-refractivity contribution in [3.63, 3.8) is 0 Å². The van der Waals surface area contributed by atoms with Crippen LogP contribution >= 0.6 is 23.6 Å². The van der Waals surface area contributed by atoms with Crippen LogP contribution in [0.2, 0.25) is 5.02 Å². The Hall–Kier alpha value is -2.78. The van der Waals surface area contributed by atoms with E-state index in [9.17, 15) is 34.5 Å². The van der Waals surface area contributed by atoms with Crippen LogP contribution in [0.3, 0.4) is 0 Å². The van der Waals surface area contributed by atoms with Crippen molar-refractivity contribution in [2.24, 2.45) is 17.6 Å². The molecule has 4 atom stereocenters. The third-order valence-corrected chi connectivity index (χ3v) is 7.44. The van der Waals surface area contributed by atoms with E-state index in [4.69, 9.17) is 22.6 Å². The lowest BCUT2D eigenvalue weighted by Gasteiger charge is -2.48. The van der Waals surface area contributed by atoms with Crippen molar-refractivity contribution in [2.45, 2.75) is 23.0 Å². The van der Waals surface area contributed by atoms with Crippen LogP contribution in [0.15, 0.2) is 17.0 Å². The Labute approximate surface area is 206 Å². The fraction of sp³-hybridized carbons (Fsp3) is 0.333. The summed E-state index contributed by atoms with van der Waals surface area (Å²) in [7, 11) is 2.97. The number of benzene rings is 2. The molecular weight excluding hydrogens is 508 g/mol. The van der Waals surface area contributed by atoms with Gasteiger partial charge in [-0.15, -0.1) is 4.33 Å². The number of hydrogen-bond donors (Lipinski definition) is 5. The largest absolute Gasteiger partial charge is 0.506 e. The smallest absolute Gasteiger partial charge is 0.235 e. The number of ketones is 3. The summed E-state index contributed by atoms with van der Waals surface area (Å²) in [5.41, 5.74) is 2.10. The number of halogens is 1. The zero-order chi connectivity index (χ0) is 26.0. The number of hydrogen-bond acceptors (Lipinski definition) is 12. The number of carbonyl (C=O) groups excluding carboxylic acids is 4. The molecule has 6 N–H and O–H groups in total. The molecule has 186 valence electrons. The molecule has 2 aromatic carbocycles. The van der Waals surface area contributed by atoms with Gasteiger partial charge >= 0.3 is 0 Å². The van der Waals surface area contributed by atoms with Gasteiger partial charge in [0.1, 0.15) is 11.5 Å². The zero-order valence-electron chi connectivity index (χ0n) is 18.1. The van der Waals surface area contributed by atoms with E-state index in [0.29, 0.717) is 12.0 Å². The standard InChI is InChI=1S/C21H19ClN2O10S/c1-24(2)14-8-4-6-3-7-9(22)5-10(35-34-33-32)15(25)12(7)16(26)11(6)18(28)21(8,31)19(29)13(17(14)27)20(23)30/h3,5,8,13-14,25-26,31-32H,4H2,1-2H3,(H2,23,30)/t8-,13?,14-,21-/m0/s1. The van der Waals surface area contributed by atoms with Crippen molar-refractivity contribution in [3.05, 3.63) is 28.3 Å². The van der Waals surface area contributed by atoms with E-state index >= 15 is 0 Å². The van der Waals surface area contributed by atoms with Crippen molar-refractivity contribution >= 4 is 57.7 Å². The predicted molar refractivity (Wildman–Crippen MR) is 120 cm³/mol. The Morgan fingerprint density at radius 3 is 2.46 bits per heavy atom. The van der Waals surface area contributed by atoms with Crippen LogP contribution in [0, 0.1) is 11.8 Å². The average Bonchev–Trinajstić information content (AvgIpc) is 2.77. The van der Waals surface area contributed by atoms with E-state index in [-0.39, 0.29) is 32.7 Å². The predicted octanol–water partition coefficient (Wildman–Crippen LogP) is 0.602. The second kappa shape index (κ2) is 8.71. The molecule has 1 amide bonds. The molecule has 0 aliphatic heterocycles. The molecule has 1 saturated carbocycles. The molecule has 1 fully saturated rings. The topological polar surface area (TPSA) is 197 Å². The second-order valence-electron chi connectivity index (χ2n) is 8.53. The van der Waals surface area contributed by atoms with Crippen LogP contribution in [-0.2, 0) is 30.2 Å². The highest BCUT2D eigenvalue weighted by Gasteiger charge is 2.66. The molecule has 0 heterocycles. The molecule has 4 rings (SSSR count). The molecular formula is C21H19ClN2O10S. The lowest BCUT2D eigenvalue weighted by atomic mass is 9.58. The number of phenols is 2. The molecule has 0 saturated heterocycles. The summed E-state index contributed by atoms with van der Waals surface area (Å²) in [4.78, 5) is 53.0. The molecule has 0 radical (unpaired) electrons. The Morgan fingerprint density at radius 1 is 1.23 bits per heavy atom. The van der Waals surface area contributed by atoms with E-state index in [2.05, 4.69) is 9.37 Å². The lowest BCUT2D eigenvalue weighted by molar-refractivity contribution is -0.432. The first-order valence-electron chi connectivity index (χ1n) is 10.0. The number of phenolic OH excluding ortho intramolecular Hbond substituents is 2. The highest BCUT2D eigenvalue weighted by Crippen LogP contribution is 2.51. The van der Waals surface area contributed by atoms with Crippen molar-refractivity contribution in [2.75, 3.05) is 14.1 Å². The van der Waals surface area contributed by atoms with Gasteiger partial charge in [0.05, 0.1) is 39.0 Å². The van der Waals surface area contributed by atoms with Gasteiger partial charge in [0.2, 0.25) is 11.7 Å². The summed E-state index contributed by atoms with van der Waals surface area (Å²) in [6.07, 6.45) is -0.220. The van der Waals surface area contributed by atoms with Gasteiger partial charge in [-0.2, -0.15) is 0 Å². The van der Waals surface area contributed by atoms with Gasteiger partial charge in [-0.25, -0.2) is 5.26 Å². The highest BCUT2D eigenvalue weighted by atomic mass is 35.5. The van der Waals surface area contributed by atoms with Gasteiger partial charge in [0.25, 0.3) is 0 Å². The number of rotatable bonds is 5. The normalized spacial score (nSPS) is 26.2.